The first kappa shape index (κ1) is 76.1. The van der Waals surface area contributed by atoms with E-state index in [0.717, 1.165) is 48.4 Å². The highest BCUT2D eigenvalue weighted by Crippen LogP contribution is 2.49. The fraction of sp³-hybridized carbons (Fsp3) is 0.552. The Bertz CT molecular complexity index is 3570. The molecule has 1 amide bonds. The molecule has 0 radical (unpaired) electrons. The van der Waals surface area contributed by atoms with Crippen molar-refractivity contribution in [2.45, 2.75) is 128 Å². The van der Waals surface area contributed by atoms with E-state index in [1.807, 2.05) is 52.0 Å². The van der Waals surface area contributed by atoms with Gasteiger partial charge in [0, 0.05) is 60.4 Å². The molecule has 0 fully saturated rings. The number of hydrogen-bond donors (Lipinski definition) is 4. The molecule has 3 aromatic carbocycles. The van der Waals surface area contributed by atoms with Crippen molar-refractivity contribution in [2.75, 3.05) is 118 Å². The Balaban J connectivity index is 1.01. The largest absolute Gasteiger partial charge is 0.472 e. The molecule has 0 saturated heterocycles. The highest BCUT2D eigenvalue weighted by atomic mass is 32.2. The van der Waals surface area contributed by atoms with E-state index in [-0.39, 0.29) is 113 Å². The number of fused-ring (bicyclic) bond motifs is 2. The number of benzene rings is 3. The van der Waals surface area contributed by atoms with Crippen molar-refractivity contribution in [3.63, 3.8) is 0 Å². The van der Waals surface area contributed by atoms with Gasteiger partial charge in [-0.15, -0.1) is 0 Å². The van der Waals surface area contributed by atoms with Crippen LogP contribution in [0, 0.1) is 10.8 Å². The number of likely N-dealkylation sites (N-methyl/N-ethyl adjacent to an activating group) is 1. The van der Waals surface area contributed by atoms with Crippen molar-refractivity contribution in [3.8, 4) is 5.75 Å². The molecule has 2 heterocycles. The van der Waals surface area contributed by atoms with Crippen molar-refractivity contribution >= 4 is 63.0 Å². The first-order valence-corrected chi connectivity index (χ1v) is 35.9. The summed E-state index contributed by atoms with van der Waals surface area (Å²) in [7, 11) is -7.62. The van der Waals surface area contributed by atoms with Crippen LogP contribution in [0.4, 0.5) is 11.4 Å². The number of nitrogens with one attached hydrogen (secondary N) is 1. The highest BCUT2D eigenvalue weighted by Gasteiger charge is 2.45. The van der Waals surface area contributed by atoms with Crippen molar-refractivity contribution < 1.29 is 96.3 Å². The summed E-state index contributed by atoms with van der Waals surface area (Å²) in [6.45, 7) is 19.5. The lowest BCUT2D eigenvalue weighted by molar-refractivity contribution is -0.870. The van der Waals surface area contributed by atoms with Crippen LogP contribution in [-0.4, -0.2) is 177 Å². The summed E-state index contributed by atoms with van der Waals surface area (Å²) in [5, 5.41) is 2.91. The monoisotopic (exact) mass is 1360 g/mol. The topological polar surface area (TPSA) is 289 Å². The maximum absolute atomic E-state index is 13.5. The molecule has 23 nitrogen and oxygen atoms in total. The molecule has 6 rings (SSSR count). The number of esters is 2. The van der Waals surface area contributed by atoms with Crippen LogP contribution in [-0.2, 0) is 82.7 Å². The van der Waals surface area contributed by atoms with Gasteiger partial charge in [0.15, 0.2) is 5.71 Å². The number of ether oxygens (including phenoxy) is 6. The summed E-state index contributed by atoms with van der Waals surface area (Å²) in [5.74, 6) is -0.467. The zero-order valence-electron chi connectivity index (χ0n) is 56.0. The number of phosphoric acid groups is 1. The second-order valence-corrected chi connectivity index (χ2v) is 30.9. The van der Waals surface area contributed by atoms with E-state index < -0.39 is 56.2 Å². The Kier molecular flexibility index (Phi) is 26.7. The van der Waals surface area contributed by atoms with Crippen LogP contribution in [0.25, 0.3) is 0 Å². The number of amides is 1. The third kappa shape index (κ3) is 21.8. The first-order valence-electron chi connectivity index (χ1n) is 31.5. The van der Waals surface area contributed by atoms with Crippen LogP contribution in [0.3, 0.4) is 0 Å². The summed E-state index contributed by atoms with van der Waals surface area (Å²) in [5.41, 5.74) is 4.08. The SMILES string of the molecule is CCCC[N+]1=C(C=CC2=C(Oc3ccc(S(=O)(=O)O)cc3)C(=CC=C3N(CCC(=O)NCCOCCOCCOCCOC(=O)C(C)(C)CC(C)(C)C(=O)OCCOP(=O)(O)OCC[N+](C)(C)C)c4ccc(S(=O)(=O)O)cc4C3(C)C)CCC2)C(C)(C)c2ccccc21. The molecule has 1 unspecified atom stereocenters. The second-order valence-electron chi connectivity index (χ2n) is 26.6. The predicted octanol–water partition coefficient (Wildman–Crippen LogP) is 9.96. The molecule has 0 bridgehead atoms. The Morgan fingerprint density at radius 3 is 1.91 bits per heavy atom. The van der Waals surface area contributed by atoms with Gasteiger partial charge in [-0.05, 0) is 139 Å². The number of quaternary nitrogens is 1. The van der Waals surface area contributed by atoms with Crippen LogP contribution in [0.5, 0.6) is 5.75 Å². The maximum atomic E-state index is 13.5. The molecule has 514 valence electrons. The summed E-state index contributed by atoms with van der Waals surface area (Å²) >= 11 is 0. The first-order chi connectivity index (χ1) is 43.5. The van der Waals surface area contributed by atoms with E-state index in [4.69, 9.17) is 37.5 Å². The van der Waals surface area contributed by atoms with Crippen molar-refractivity contribution in [2.24, 2.45) is 10.8 Å². The number of carbonyl (C=O) groups excluding carboxylic acids is 3. The number of carbonyl (C=O) groups is 3. The average Bonchev–Trinajstić information content (AvgIpc) is 1.60. The van der Waals surface area contributed by atoms with Gasteiger partial charge in [0.1, 0.15) is 44.4 Å². The Labute approximate surface area is 549 Å². The van der Waals surface area contributed by atoms with E-state index in [9.17, 15) is 49.8 Å². The Morgan fingerprint density at radius 1 is 0.720 bits per heavy atom. The minimum Gasteiger partial charge on any atom is -0.463 e. The molecule has 2 aliphatic heterocycles. The van der Waals surface area contributed by atoms with Crippen LogP contribution in [0.2, 0.25) is 0 Å². The van der Waals surface area contributed by atoms with Gasteiger partial charge < -0.3 is 48.0 Å². The number of phosphoric ester groups is 1. The van der Waals surface area contributed by atoms with E-state index in [1.165, 1.54) is 47.6 Å². The molecule has 1 aliphatic carbocycles. The third-order valence-electron chi connectivity index (χ3n) is 16.3. The molecule has 0 spiro atoms. The van der Waals surface area contributed by atoms with Crippen LogP contribution >= 0.6 is 7.82 Å². The molecule has 1 atom stereocenters. The minimum atomic E-state index is -4.56. The number of para-hydroxylation sites is 1. The molecule has 3 aromatic rings. The van der Waals surface area contributed by atoms with E-state index in [1.54, 1.807) is 33.8 Å². The molecule has 0 aromatic heterocycles. The lowest BCUT2D eigenvalue weighted by Crippen LogP contribution is -2.37. The van der Waals surface area contributed by atoms with Gasteiger partial charge >= 0.3 is 19.8 Å². The van der Waals surface area contributed by atoms with Gasteiger partial charge in [0.25, 0.3) is 20.2 Å². The lowest BCUT2D eigenvalue weighted by Gasteiger charge is -2.31. The van der Waals surface area contributed by atoms with Gasteiger partial charge in [-0.3, -0.25) is 32.5 Å². The minimum absolute atomic E-state index is 0.00534. The predicted molar refractivity (Wildman–Crippen MR) is 353 cm³/mol. The number of rotatable bonds is 37. The Morgan fingerprint density at radius 2 is 1.30 bits per heavy atom. The second kappa shape index (κ2) is 32.7. The van der Waals surface area contributed by atoms with Crippen molar-refractivity contribution in [3.05, 3.63) is 125 Å². The summed E-state index contributed by atoms with van der Waals surface area (Å²) < 4.78 is 128. The quantitative estimate of drug-likeness (QED) is 0.0104. The fourth-order valence-electron chi connectivity index (χ4n) is 11.5. The zero-order valence-corrected chi connectivity index (χ0v) is 58.5. The average molecular weight is 1360 g/mol. The van der Waals surface area contributed by atoms with E-state index >= 15 is 0 Å². The number of anilines is 1. The van der Waals surface area contributed by atoms with Gasteiger partial charge in [0.05, 0.1) is 93.4 Å². The van der Waals surface area contributed by atoms with Gasteiger partial charge in [-0.25, -0.2) is 4.57 Å². The molecule has 0 saturated carbocycles. The van der Waals surface area contributed by atoms with Crippen molar-refractivity contribution in [1.29, 1.82) is 0 Å². The third-order valence-corrected chi connectivity index (χ3v) is 19.0. The van der Waals surface area contributed by atoms with Crippen LogP contribution < -0.4 is 15.0 Å². The van der Waals surface area contributed by atoms with Crippen LogP contribution in [0.15, 0.2) is 123 Å². The zero-order chi connectivity index (χ0) is 68.6. The molecular formula is C67H97N4O19PS2+2. The Hall–Kier alpha value is -5.93. The highest BCUT2D eigenvalue weighted by molar-refractivity contribution is 7.86. The summed E-state index contributed by atoms with van der Waals surface area (Å²) in [6.07, 6.45) is 12.5. The summed E-state index contributed by atoms with van der Waals surface area (Å²) in [4.78, 5) is 50.7. The normalized spacial score (nSPS) is 17.5. The summed E-state index contributed by atoms with van der Waals surface area (Å²) in [6, 6.07) is 18.5. The molecule has 4 N–H and O–H groups in total. The van der Waals surface area contributed by atoms with Gasteiger partial charge in [-0.2, -0.15) is 21.4 Å². The van der Waals surface area contributed by atoms with Crippen molar-refractivity contribution in [1.82, 2.24) is 5.32 Å². The fourth-order valence-corrected chi connectivity index (χ4v) is 13.1. The van der Waals surface area contributed by atoms with E-state index in [2.05, 4.69) is 67.1 Å². The molecular weight excluding hydrogens is 1260 g/mol. The standard InChI is InChI=1S/C67H95N4O19PS2/c1-13-14-34-69-56-21-16-15-20-54(56)66(6,7)58(69)30-22-49-18-17-19-50(61(49)90-51-24-26-52(27-25-51)92(77,78)79)23-31-59-67(8,9)55-47-53(93(80,81)82)28-29-57(55)70(59)35-32-60(72)68-33-37-83-39-40-84-41-42-85-43-44-86-62(73)64(2,3)48-65(4,5)63(74)87-45-46-89-91(75,76)88-38-36-71(10,11)12/h15-16,20-31,47H,13-14,17-19,32-46,48H2,1-12H3,(H2-2,68,72,75,76,77,78,79,80,81,82)/p+2. The van der Waals surface area contributed by atoms with Gasteiger partial charge in [0.2, 0.25) is 11.6 Å². The molecule has 3 aliphatic rings. The number of hydrogen-bond acceptors (Lipinski definition) is 17. The van der Waals surface area contributed by atoms with E-state index in [0.29, 0.717) is 46.6 Å². The molecule has 26 heteroatoms. The van der Waals surface area contributed by atoms with Crippen LogP contribution in [0.1, 0.15) is 118 Å². The lowest BCUT2D eigenvalue weighted by atomic mass is 9.75. The maximum Gasteiger partial charge on any atom is 0.472 e. The number of nitrogens with zero attached hydrogens (tertiary/aromatic N) is 3. The van der Waals surface area contributed by atoms with Gasteiger partial charge in [-0.1, -0.05) is 51.5 Å². The molecule has 93 heavy (non-hydrogen) atoms. The number of allylic oxidation sites excluding steroid dienone is 7. The number of unbranched alkanes of at least 4 members (excludes halogenated alkanes) is 1. The smallest absolute Gasteiger partial charge is 0.463 e.